The summed E-state index contributed by atoms with van der Waals surface area (Å²) in [5.74, 6) is 0. The molecular formula is C16H18ClN3O2. The number of benzene rings is 2. The fraction of sp³-hybridized carbons (Fsp3) is 0.250. The Morgan fingerprint density at radius 3 is 2.64 bits per heavy atom. The molecule has 0 saturated heterocycles. The van der Waals surface area contributed by atoms with Crippen molar-refractivity contribution in [2.24, 2.45) is 0 Å². The van der Waals surface area contributed by atoms with E-state index in [-0.39, 0.29) is 5.69 Å². The summed E-state index contributed by atoms with van der Waals surface area (Å²) >= 11 is 6.02. The number of nitro groups is 1. The van der Waals surface area contributed by atoms with Crippen LogP contribution in [0.15, 0.2) is 42.5 Å². The van der Waals surface area contributed by atoms with Crippen LogP contribution in [0.4, 0.5) is 11.4 Å². The molecule has 22 heavy (non-hydrogen) atoms. The van der Waals surface area contributed by atoms with Crippen LogP contribution in [-0.4, -0.2) is 18.0 Å². The first kappa shape index (κ1) is 16.3. The Morgan fingerprint density at radius 2 is 1.95 bits per heavy atom. The van der Waals surface area contributed by atoms with Gasteiger partial charge in [0.25, 0.3) is 5.69 Å². The molecule has 0 saturated carbocycles. The zero-order chi connectivity index (χ0) is 15.9. The van der Waals surface area contributed by atoms with Crippen LogP contribution in [0.25, 0.3) is 0 Å². The van der Waals surface area contributed by atoms with Crippen LogP contribution < -0.4 is 10.6 Å². The molecule has 2 aromatic carbocycles. The number of nitrogens with one attached hydrogen (secondary N) is 2. The van der Waals surface area contributed by atoms with E-state index in [0.29, 0.717) is 17.3 Å². The van der Waals surface area contributed by atoms with Crippen LogP contribution >= 0.6 is 11.6 Å². The summed E-state index contributed by atoms with van der Waals surface area (Å²) in [4.78, 5) is 10.2. The first-order valence-corrected chi connectivity index (χ1v) is 7.39. The van der Waals surface area contributed by atoms with Gasteiger partial charge >= 0.3 is 0 Å². The highest BCUT2D eigenvalue weighted by Crippen LogP contribution is 2.26. The van der Waals surface area contributed by atoms with Crippen LogP contribution in [-0.2, 0) is 6.54 Å². The molecule has 2 rings (SSSR count). The second-order valence-electron chi connectivity index (χ2n) is 4.95. The molecule has 0 aliphatic heterocycles. The summed E-state index contributed by atoms with van der Waals surface area (Å²) in [6.45, 7) is 4.35. The van der Waals surface area contributed by atoms with E-state index in [4.69, 9.17) is 11.6 Å². The van der Waals surface area contributed by atoms with Gasteiger partial charge in [-0.15, -0.1) is 0 Å². The number of nitro benzene ring substituents is 1. The van der Waals surface area contributed by atoms with Gasteiger partial charge in [0.15, 0.2) is 0 Å². The normalized spacial score (nSPS) is 10.5. The monoisotopic (exact) mass is 319 g/mol. The van der Waals surface area contributed by atoms with E-state index < -0.39 is 4.92 Å². The van der Waals surface area contributed by atoms with E-state index in [0.717, 1.165) is 13.1 Å². The highest BCUT2D eigenvalue weighted by Gasteiger charge is 2.08. The minimum atomic E-state index is -0.459. The molecule has 6 heteroatoms. The Balaban J connectivity index is 1.77. The smallest absolute Gasteiger partial charge is 0.271 e. The van der Waals surface area contributed by atoms with Crippen LogP contribution in [0, 0.1) is 17.0 Å². The van der Waals surface area contributed by atoms with E-state index in [2.05, 4.69) is 29.7 Å². The van der Waals surface area contributed by atoms with Gasteiger partial charge in [-0.3, -0.25) is 10.1 Å². The van der Waals surface area contributed by atoms with Crippen molar-refractivity contribution in [3.63, 3.8) is 0 Å². The van der Waals surface area contributed by atoms with Crippen molar-refractivity contribution in [3.8, 4) is 0 Å². The average Bonchev–Trinajstić information content (AvgIpc) is 2.50. The van der Waals surface area contributed by atoms with Crippen LogP contribution in [0.3, 0.4) is 0 Å². The van der Waals surface area contributed by atoms with Gasteiger partial charge in [-0.2, -0.15) is 0 Å². The Hall–Kier alpha value is -2.11. The molecule has 116 valence electrons. The van der Waals surface area contributed by atoms with E-state index in [9.17, 15) is 10.1 Å². The second kappa shape index (κ2) is 7.77. The number of halogens is 1. The van der Waals surface area contributed by atoms with Gasteiger partial charge in [-0.05, 0) is 24.1 Å². The molecule has 0 amide bonds. The summed E-state index contributed by atoms with van der Waals surface area (Å²) in [5, 5.41) is 17.5. The topological polar surface area (TPSA) is 67.2 Å². The van der Waals surface area contributed by atoms with Gasteiger partial charge in [-0.1, -0.05) is 35.9 Å². The fourth-order valence-electron chi connectivity index (χ4n) is 2.08. The number of non-ortho nitro benzene ring substituents is 1. The molecule has 5 nitrogen and oxygen atoms in total. The standard InChI is InChI=1S/C16H18ClN3O2/c1-12-4-2-3-5-13(12)11-18-8-9-19-16-7-6-14(20(21)22)10-15(16)17/h2-7,10,18-19H,8-9,11H2,1H3. The first-order chi connectivity index (χ1) is 10.6. The minimum Gasteiger partial charge on any atom is -0.383 e. The largest absolute Gasteiger partial charge is 0.383 e. The molecule has 0 bridgehead atoms. The summed E-state index contributed by atoms with van der Waals surface area (Å²) in [5.41, 5.74) is 3.23. The maximum atomic E-state index is 10.6. The number of rotatable bonds is 7. The van der Waals surface area contributed by atoms with E-state index in [1.54, 1.807) is 6.07 Å². The number of anilines is 1. The average molecular weight is 320 g/mol. The molecule has 0 aromatic heterocycles. The van der Waals surface area contributed by atoms with Crippen molar-refractivity contribution < 1.29 is 4.92 Å². The van der Waals surface area contributed by atoms with Crippen molar-refractivity contribution in [1.29, 1.82) is 0 Å². The van der Waals surface area contributed by atoms with Gasteiger partial charge in [-0.25, -0.2) is 0 Å². The lowest BCUT2D eigenvalue weighted by Crippen LogP contribution is -2.22. The van der Waals surface area contributed by atoms with E-state index in [1.807, 2.05) is 12.1 Å². The van der Waals surface area contributed by atoms with Crippen molar-refractivity contribution in [2.45, 2.75) is 13.5 Å². The van der Waals surface area contributed by atoms with Gasteiger partial charge < -0.3 is 10.6 Å². The maximum absolute atomic E-state index is 10.6. The molecule has 0 aliphatic carbocycles. The predicted octanol–water partition coefficient (Wildman–Crippen LogP) is 3.76. The third-order valence-electron chi connectivity index (χ3n) is 3.36. The lowest BCUT2D eigenvalue weighted by molar-refractivity contribution is -0.384. The summed E-state index contributed by atoms with van der Waals surface area (Å²) in [7, 11) is 0. The summed E-state index contributed by atoms with van der Waals surface area (Å²) in [6.07, 6.45) is 0. The predicted molar refractivity (Wildman–Crippen MR) is 89.5 cm³/mol. The Kier molecular flexibility index (Phi) is 5.75. The zero-order valence-corrected chi connectivity index (χ0v) is 13.1. The Labute approximate surface area is 134 Å². The molecule has 0 radical (unpaired) electrons. The van der Waals surface area contributed by atoms with Crippen molar-refractivity contribution in [1.82, 2.24) is 5.32 Å². The van der Waals surface area contributed by atoms with Crippen LogP contribution in [0.5, 0.6) is 0 Å². The SMILES string of the molecule is Cc1ccccc1CNCCNc1ccc([N+](=O)[O-])cc1Cl. The fourth-order valence-corrected chi connectivity index (χ4v) is 2.32. The highest BCUT2D eigenvalue weighted by molar-refractivity contribution is 6.33. The Morgan fingerprint density at radius 1 is 1.18 bits per heavy atom. The number of aryl methyl sites for hydroxylation is 1. The molecule has 0 aliphatic rings. The number of nitrogens with zero attached hydrogens (tertiary/aromatic N) is 1. The van der Waals surface area contributed by atoms with Gasteiger partial charge in [0.05, 0.1) is 15.6 Å². The molecule has 0 unspecified atom stereocenters. The third kappa shape index (κ3) is 4.44. The highest BCUT2D eigenvalue weighted by atomic mass is 35.5. The third-order valence-corrected chi connectivity index (χ3v) is 3.67. The van der Waals surface area contributed by atoms with Crippen molar-refractivity contribution in [2.75, 3.05) is 18.4 Å². The second-order valence-corrected chi connectivity index (χ2v) is 5.36. The van der Waals surface area contributed by atoms with Crippen molar-refractivity contribution in [3.05, 3.63) is 68.7 Å². The summed E-state index contributed by atoms with van der Waals surface area (Å²) < 4.78 is 0. The van der Waals surface area contributed by atoms with Crippen LogP contribution in [0.1, 0.15) is 11.1 Å². The van der Waals surface area contributed by atoms with E-state index >= 15 is 0 Å². The van der Waals surface area contributed by atoms with Crippen molar-refractivity contribution >= 4 is 23.0 Å². The van der Waals surface area contributed by atoms with Gasteiger partial charge in [0.2, 0.25) is 0 Å². The van der Waals surface area contributed by atoms with Gasteiger partial charge in [0.1, 0.15) is 0 Å². The molecular weight excluding hydrogens is 302 g/mol. The number of hydrogen-bond donors (Lipinski definition) is 2. The van der Waals surface area contributed by atoms with E-state index in [1.165, 1.54) is 23.3 Å². The lowest BCUT2D eigenvalue weighted by Gasteiger charge is -2.10. The molecule has 2 N–H and O–H groups in total. The molecule has 2 aromatic rings. The zero-order valence-electron chi connectivity index (χ0n) is 12.3. The first-order valence-electron chi connectivity index (χ1n) is 7.01. The minimum absolute atomic E-state index is 0.00627. The molecule has 0 atom stereocenters. The Bertz CT molecular complexity index is 662. The number of hydrogen-bond acceptors (Lipinski definition) is 4. The molecule has 0 fully saturated rings. The summed E-state index contributed by atoms with van der Waals surface area (Å²) in [6, 6.07) is 12.7. The van der Waals surface area contributed by atoms with Gasteiger partial charge in [0, 0.05) is 31.8 Å². The molecule has 0 heterocycles. The lowest BCUT2D eigenvalue weighted by atomic mass is 10.1. The molecule has 0 spiro atoms. The maximum Gasteiger partial charge on any atom is 0.271 e. The quantitative estimate of drug-likeness (QED) is 0.463. The van der Waals surface area contributed by atoms with Crippen LogP contribution in [0.2, 0.25) is 5.02 Å².